The lowest BCUT2D eigenvalue weighted by molar-refractivity contribution is 0.574. The highest BCUT2D eigenvalue weighted by molar-refractivity contribution is 9.10. The van der Waals surface area contributed by atoms with Crippen LogP contribution >= 0.6 is 15.9 Å². The van der Waals surface area contributed by atoms with Crippen molar-refractivity contribution in [2.75, 3.05) is 19.6 Å². The predicted octanol–water partition coefficient (Wildman–Crippen LogP) is 2.04. The highest BCUT2D eigenvalue weighted by atomic mass is 79.9. The largest absolute Gasteiger partial charge is 0.317 e. The van der Waals surface area contributed by atoms with Crippen LogP contribution < -0.4 is 10.0 Å². The van der Waals surface area contributed by atoms with E-state index in [1.807, 2.05) is 13.0 Å². The van der Waals surface area contributed by atoms with Gasteiger partial charge in [-0.05, 0) is 44.1 Å². The third kappa shape index (κ3) is 4.68. The Labute approximate surface area is 117 Å². The lowest BCUT2D eigenvalue weighted by atomic mass is 10.2. The Morgan fingerprint density at radius 3 is 2.67 bits per heavy atom. The molecule has 0 unspecified atom stereocenters. The van der Waals surface area contributed by atoms with Gasteiger partial charge in [0.1, 0.15) is 0 Å². The predicted molar refractivity (Wildman–Crippen MR) is 77.2 cm³/mol. The molecule has 1 aromatic rings. The monoisotopic (exact) mass is 334 g/mol. The van der Waals surface area contributed by atoms with E-state index in [0.29, 0.717) is 11.4 Å². The Kier molecular flexibility index (Phi) is 6.28. The number of rotatable bonds is 7. The number of sulfonamides is 1. The zero-order valence-electron chi connectivity index (χ0n) is 10.7. The highest BCUT2D eigenvalue weighted by Crippen LogP contribution is 2.20. The number of benzene rings is 1. The van der Waals surface area contributed by atoms with E-state index in [2.05, 4.69) is 26.0 Å². The zero-order chi connectivity index (χ0) is 13.6. The third-order valence-electron chi connectivity index (χ3n) is 2.51. The summed E-state index contributed by atoms with van der Waals surface area (Å²) in [5, 5.41) is 3.15. The Bertz CT molecular complexity index is 489. The van der Waals surface area contributed by atoms with Gasteiger partial charge in [0.15, 0.2) is 0 Å². The van der Waals surface area contributed by atoms with Crippen molar-refractivity contribution >= 4 is 26.0 Å². The van der Waals surface area contributed by atoms with Crippen LogP contribution in [0.15, 0.2) is 27.6 Å². The molecule has 4 nitrogen and oxygen atoms in total. The fourth-order valence-electron chi connectivity index (χ4n) is 1.54. The smallest absolute Gasteiger partial charge is 0.240 e. The molecule has 0 aliphatic rings. The summed E-state index contributed by atoms with van der Waals surface area (Å²) in [6.45, 7) is 5.98. The number of nitrogens with one attached hydrogen (secondary N) is 2. The third-order valence-corrected chi connectivity index (χ3v) is 4.61. The van der Waals surface area contributed by atoms with Crippen molar-refractivity contribution in [1.82, 2.24) is 10.0 Å². The molecule has 0 amide bonds. The van der Waals surface area contributed by atoms with E-state index in [4.69, 9.17) is 0 Å². The number of halogens is 1. The zero-order valence-corrected chi connectivity index (χ0v) is 13.1. The molecule has 0 aliphatic carbocycles. The fraction of sp³-hybridized carbons (Fsp3) is 0.500. The molecule has 0 aliphatic heterocycles. The van der Waals surface area contributed by atoms with Crippen molar-refractivity contribution in [3.8, 4) is 0 Å². The lowest BCUT2D eigenvalue weighted by Crippen LogP contribution is -2.28. The van der Waals surface area contributed by atoms with Crippen LogP contribution in [0.3, 0.4) is 0 Å². The average Bonchev–Trinajstić information content (AvgIpc) is 2.32. The molecule has 0 radical (unpaired) electrons. The minimum Gasteiger partial charge on any atom is -0.317 e. The summed E-state index contributed by atoms with van der Waals surface area (Å²) in [4.78, 5) is 0.334. The average molecular weight is 335 g/mol. The van der Waals surface area contributed by atoms with Gasteiger partial charge in [-0.3, -0.25) is 0 Å². The molecule has 1 aromatic carbocycles. The summed E-state index contributed by atoms with van der Waals surface area (Å²) >= 11 is 3.29. The van der Waals surface area contributed by atoms with E-state index < -0.39 is 10.0 Å². The second-order valence-electron chi connectivity index (χ2n) is 4.01. The molecule has 0 atom stereocenters. The van der Waals surface area contributed by atoms with Crippen molar-refractivity contribution in [3.63, 3.8) is 0 Å². The summed E-state index contributed by atoms with van der Waals surface area (Å²) in [5.74, 6) is 0. The molecule has 0 saturated heterocycles. The van der Waals surface area contributed by atoms with Gasteiger partial charge < -0.3 is 5.32 Å². The van der Waals surface area contributed by atoms with Gasteiger partial charge in [0, 0.05) is 11.0 Å². The molecular weight excluding hydrogens is 316 g/mol. The van der Waals surface area contributed by atoms with E-state index in [9.17, 15) is 8.42 Å². The van der Waals surface area contributed by atoms with Gasteiger partial charge in [0.25, 0.3) is 0 Å². The molecule has 0 saturated carbocycles. The molecule has 18 heavy (non-hydrogen) atoms. The van der Waals surface area contributed by atoms with Crippen molar-refractivity contribution in [2.45, 2.75) is 25.2 Å². The Morgan fingerprint density at radius 2 is 2.00 bits per heavy atom. The second-order valence-corrected chi connectivity index (χ2v) is 6.67. The fourth-order valence-corrected chi connectivity index (χ4v) is 3.39. The molecule has 1 rings (SSSR count). The van der Waals surface area contributed by atoms with Crippen LogP contribution in [0.25, 0.3) is 0 Å². The molecule has 0 aromatic heterocycles. The van der Waals surface area contributed by atoms with Crippen LogP contribution in [0.2, 0.25) is 0 Å². The maximum Gasteiger partial charge on any atom is 0.240 e. The first kappa shape index (κ1) is 15.6. The first-order chi connectivity index (χ1) is 8.47. The second kappa shape index (κ2) is 7.23. The van der Waals surface area contributed by atoms with Gasteiger partial charge in [-0.15, -0.1) is 0 Å². The summed E-state index contributed by atoms with van der Waals surface area (Å²) in [6, 6.07) is 5.25. The summed E-state index contributed by atoms with van der Waals surface area (Å²) < 4.78 is 27.5. The van der Waals surface area contributed by atoms with Crippen molar-refractivity contribution < 1.29 is 8.42 Å². The maximum absolute atomic E-state index is 12.1. The molecular formula is C12H19BrN2O2S. The van der Waals surface area contributed by atoms with Gasteiger partial charge in [-0.1, -0.05) is 28.9 Å². The van der Waals surface area contributed by atoms with Crippen molar-refractivity contribution in [2.24, 2.45) is 0 Å². The number of aryl methyl sites for hydroxylation is 1. The van der Waals surface area contributed by atoms with Crippen LogP contribution in [-0.2, 0) is 10.0 Å². The summed E-state index contributed by atoms with van der Waals surface area (Å²) in [6.07, 6.45) is 0.778. The van der Waals surface area contributed by atoms with Crippen molar-refractivity contribution in [3.05, 3.63) is 28.2 Å². The Hall–Kier alpha value is -0.430. The van der Waals surface area contributed by atoms with Crippen LogP contribution in [0.5, 0.6) is 0 Å². The van der Waals surface area contributed by atoms with Gasteiger partial charge in [0.05, 0.1) is 4.90 Å². The molecule has 0 bridgehead atoms. The normalized spacial score (nSPS) is 11.7. The molecule has 0 fully saturated rings. The van der Waals surface area contributed by atoms with Gasteiger partial charge in [-0.2, -0.15) is 0 Å². The number of hydrogen-bond acceptors (Lipinski definition) is 3. The molecule has 102 valence electrons. The van der Waals surface area contributed by atoms with Crippen LogP contribution in [-0.4, -0.2) is 28.1 Å². The molecule has 6 heteroatoms. The molecule has 0 heterocycles. The van der Waals surface area contributed by atoms with E-state index in [-0.39, 0.29) is 0 Å². The van der Waals surface area contributed by atoms with E-state index >= 15 is 0 Å². The molecule has 2 N–H and O–H groups in total. The minimum atomic E-state index is -3.41. The quantitative estimate of drug-likeness (QED) is 0.750. The highest BCUT2D eigenvalue weighted by Gasteiger charge is 2.16. The SMILES string of the molecule is CCNCCCNS(=O)(=O)c1cc(Br)ccc1C. The molecule has 0 spiro atoms. The topological polar surface area (TPSA) is 58.2 Å². The first-order valence-electron chi connectivity index (χ1n) is 5.94. The van der Waals surface area contributed by atoms with Crippen LogP contribution in [0.1, 0.15) is 18.9 Å². The van der Waals surface area contributed by atoms with Gasteiger partial charge in [-0.25, -0.2) is 13.1 Å². The summed E-state index contributed by atoms with van der Waals surface area (Å²) in [7, 11) is -3.41. The van der Waals surface area contributed by atoms with Gasteiger partial charge >= 0.3 is 0 Å². The van der Waals surface area contributed by atoms with Crippen LogP contribution in [0.4, 0.5) is 0 Å². The van der Waals surface area contributed by atoms with Crippen molar-refractivity contribution in [1.29, 1.82) is 0 Å². The minimum absolute atomic E-state index is 0.334. The summed E-state index contributed by atoms with van der Waals surface area (Å²) in [5.41, 5.74) is 0.748. The van der Waals surface area contributed by atoms with E-state index in [0.717, 1.165) is 29.5 Å². The Balaban J connectivity index is 2.66. The first-order valence-corrected chi connectivity index (χ1v) is 8.21. The Morgan fingerprint density at radius 1 is 1.28 bits per heavy atom. The standard InChI is InChI=1S/C12H19BrN2O2S/c1-3-14-7-4-8-15-18(16,17)12-9-11(13)6-5-10(12)2/h5-6,9,14-15H,3-4,7-8H2,1-2H3. The maximum atomic E-state index is 12.1. The van der Waals surface area contributed by atoms with E-state index in [1.54, 1.807) is 19.1 Å². The van der Waals surface area contributed by atoms with Gasteiger partial charge in [0.2, 0.25) is 10.0 Å². The van der Waals surface area contributed by atoms with Crippen LogP contribution in [0, 0.1) is 6.92 Å². The number of hydrogen-bond donors (Lipinski definition) is 2. The van der Waals surface area contributed by atoms with E-state index in [1.165, 1.54) is 0 Å². The lowest BCUT2D eigenvalue weighted by Gasteiger charge is -2.09.